The van der Waals surface area contributed by atoms with Crippen molar-refractivity contribution in [2.45, 2.75) is 6.42 Å². The summed E-state index contributed by atoms with van der Waals surface area (Å²) in [7, 11) is 0. The maximum Gasteiger partial charge on any atom is 0.254 e. The topological polar surface area (TPSA) is 56.3 Å². The van der Waals surface area contributed by atoms with E-state index in [-0.39, 0.29) is 17.0 Å². The van der Waals surface area contributed by atoms with E-state index >= 15 is 0 Å². The molecule has 0 amide bonds. The molecule has 0 aliphatic carbocycles. The predicted molar refractivity (Wildman–Crippen MR) is 94.3 cm³/mol. The van der Waals surface area contributed by atoms with Crippen LogP contribution in [0.2, 0.25) is 5.02 Å². The molecule has 0 aliphatic rings. The van der Waals surface area contributed by atoms with Crippen molar-refractivity contribution < 1.29 is 9.34 Å². The van der Waals surface area contributed by atoms with Crippen LogP contribution in [0.3, 0.4) is 0 Å². The lowest BCUT2D eigenvalue weighted by Gasteiger charge is -1.99. The Morgan fingerprint density at radius 2 is 1.75 bits per heavy atom. The average molecular weight is 340 g/mol. The summed E-state index contributed by atoms with van der Waals surface area (Å²) in [4.78, 5) is 10.9. The van der Waals surface area contributed by atoms with Gasteiger partial charge in [0, 0.05) is 10.6 Å². The minimum Gasteiger partial charge on any atom is -0.456 e. The van der Waals surface area contributed by atoms with Gasteiger partial charge in [-0.2, -0.15) is 0 Å². The Balaban J connectivity index is 1.85. The molecule has 0 atom stereocenters. The third kappa shape index (κ3) is 3.91. The number of halogens is 1. The second kappa shape index (κ2) is 7.15. The first-order chi connectivity index (χ1) is 11.6. The van der Waals surface area contributed by atoms with Gasteiger partial charge in [-0.05, 0) is 42.0 Å². The van der Waals surface area contributed by atoms with Gasteiger partial charge in [0.15, 0.2) is 0 Å². The molecule has 0 fully saturated rings. The minimum absolute atomic E-state index is 0.0817. The molecule has 2 aromatic carbocycles. The molecule has 3 rings (SSSR count). The van der Waals surface area contributed by atoms with Crippen molar-refractivity contribution in [2.24, 2.45) is 0 Å². The van der Waals surface area contributed by atoms with Gasteiger partial charge in [0.1, 0.15) is 11.5 Å². The normalized spacial score (nSPS) is 11.5. The number of nitrogens with zero attached hydrogens (tertiary/aromatic N) is 1. The summed E-state index contributed by atoms with van der Waals surface area (Å²) in [6, 6.07) is 20.0. The number of rotatable bonds is 5. The molecular weight excluding hydrogens is 326 g/mol. The highest BCUT2D eigenvalue weighted by atomic mass is 35.5. The van der Waals surface area contributed by atoms with Gasteiger partial charge in [0.05, 0.1) is 17.4 Å². The molecule has 0 saturated carbocycles. The molecule has 0 unspecified atom stereocenters. The van der Waals surface area contributed by atoms with Crippen LogP contribution in [0.5, 0.6) is 0 Å². The zero-order valence-electron chi connectivity index (χ0n) is 12.7. The average Bonchev–Trinajstić information content (AvgIpc) is 3.04. The number of nitro groups is 1. The summed E-state index contributed by atoms with van der Waals surface area (Å²) in [5, 5.41) is 11.9. The van der Waals surface area contributed by atoms with Gasteiger partial charge < -0.3 is 4.42 Å². The molecule has 0 N–H and O–H groups in total. The lowest BCUT2D eigenvalue weighted by atomic mass is 10.1. The van der Waals surface area contributed by atoms with Crippen molar-refractivity contribution in [1.29, 1.82) is 0 Å². The van der Waals surface area contributed by atoms with Gasteiger partial charge >= 0.3 is 0 Å². The Labute approximate surface area is 144 Å². The molecule has 120 valence electrons. The van der Waals surface area contributed by atoms with E-state index in [4.69, 9.17) is 16.0 Å². The molecule has 0 bridgehead atoms. The summed E-state index contributed by atoms with van der Waals surface area (Å²) < 4.78 is 5.70. The van der Waals surface area contributed by atoms with E-state index in [9.17, 15) is 10.1 Å². The smallest absolute Gasteiger partial charge is 0.254 e. The molecular formula is C19H14ClNO3. The minimum atomic E-state index is -0.377. The highest BCUT2D eigenvalue weighted by molar-refractivity contribution is 6.30. The zero-order valence-corrected chi connectivity index (χ0v) is 13.4. The van der Waals surface area contributed by atoms with E-state index in [1.807, 2.05) is 42.5 Å². The second-order valence-electron chi connectivity index (χ2n) is 5.26. The highest BCUT2D eigenvalue weighted by Gasteiger charge is 2.14. The fourth-order valence-electron chi connectivity index (χ4n) is 2.34. The Kier molecular flexibility index (Phi) is 4.77. The zero-order chi connectivity index (χ0) is 16.9. The largest absolute Gasteiger partial charge is 0.456 e. The Morgan fingerprint density at radius 3 is 2.42 bits per heavy atom. The van der Waals surface area contributed by atoms with Crippen molar-refractivity contribution in [3.8, 4) is 11.3 Å². The molecule has 0 aliphatic heterocycles. The second-order valence-corrected chi connectivity index (χ2v) is 5.70. The van der Waals surface area contributed by atoms with Crippen molar-refractivity contribution >= 4 is 17.7 Å². The molecule has 1 heterocycles. The maximum atomic E-state index is 11.3. The van der Waals surface area contributed by atoms with Crippen molar-refractivity contribution in [2.75, 3.05) is 0 Å². The van der Waals surface area contributed by atoms with E-state index in [1.54, 1.807) is 24.3 Å². The third-order valence-electron chi connectivity index (χ3n) is 3.53. The molecule has 0 spiro atoms. The molecule has 24 heavy (non-hydrogen) atoms. The van der Waals surface area contributed by atoms with Gasteiger partial charge in [-0.25, -0.2) is 0 Å². The van der Waals surface area contributed by atoms with Crippen LogP contribution in [0.25, 0.3) is 17.4 Å². The van der Waals surface area contributed by atoms with Crippen LogP contribution in [-0.2, 0) is 6.42 Å². The first kappa shape index (κ1) is 16.0. The van der Waals surface area contributed by atoms with Gasteiger partial charge in [-0.3, -0.25) is 10.1 Å². The van der Waals surface area contributed by atoms with Crippen LogP contribution in [-0.4, -0.2) is 4.92 Å². The first-order valence-corrected chi connectivity index (χ1v) is 7.74. The molecule has 0 saturated heterocycles. The number of furan rings is 1. The quantitative estimate of drug-likeness (QED) is 0.458. The summed E-state index contributed by atoms with van der Waals surface area (Å²) >= 11 is 5.87. The van der Waals surface area contributed by atoms with Gasteiger partial charge in [-0.1, -0.05) is 41.9 Å². The SMILES string of the molecule is O=[N+]([O-])C(=Cc1ccc(-c2ccc(Cl)cc2)o1)Cc1ccccc1. The van der Waals surface area contributed by atoms with Crippen LogP contribution in [0.4, 0.5) is 0 Å². The Hall–Kier alpha value is -2.85. The summed E-state index contributed by atoms with van der Waals surface area (Å²) in [6.45, 7) is 0. The van der Waals surface area contributed by atoms with Crippen LogP contribution in [0.1, 0.15) is 11.3 Å². The lowest BCUT2D eigenvalue weighted by Crippen LogP contribution is -2.02. The van der Waals surface area contributed by atoms with Crippen molar-refractivity contribution in [3.63, 3.8) is 0 Å². The molecule has 4 nitrogen and oxygen atoms in total. The molecule has 3 aromatic rings. The monoisotopic (exact) mass is 339 g/mol. The van der Waals surface area contributed by atoms with Gasteiger partial charge in [-0.15, -0.1) is 0 Å². The maximum absolute atomic E-state index is 11.3. The van der Waals surface area contributed by atoms with Gasteiger partial charge in [0.2, 0.25) is 0 Å². The van der Waals surface area contributed by atoms with E-state index in [0.717, 1.165) is 11.1 Å². The summed E-state index contributed by atoms with van der Waals surface area (Å²) in [5.74, 6) is 1.09. The number of allylic oxidation sites excluding steroid dienone is 1. The lowest BCUT2D eigenvalue weighted by molar-refractivity contribution is -0.425. The van der Waals surface area contributed by atoms with Crippen LogP contribution in [0.15, 0.2) is 76.8 Å². The Morgan fingerprint density at radius 1 is 1.04 bits per heavy atom. The first-order valence-electron chi connectivity index (χ1n) is 7.36. The van der Waals surface area contributed by atoms with E-state index < -0.39 is 0 Å². The van der Waals surface area contributed by atoms with Gasteiger partial charge in [0.25, 0.3) is 5.70 Å². The van der Waals surface area contributed by atoms with Crippen LogP contribution in [0, 0.1) is 10.1 Å². The Bertz CT molecular complexity index is 867. The third-order valence-corrected chi connectivity index (χ3v) is 3.78. The van der Waals surface area contributed by atoms with E-state index in [1.165, 1.54) is 6.08 Å². The molecule has 0 radical (unpaired) electrons. The number of hydrogen-bond acceptors (Lipinski definition) is 3. The fourth-order valence-corrected chi connectivity index (χ4v) is 2.46. The number of hydrogen-bond donors (Lipinski definition) is 0. The standard InChI is InChI=1S/C19H14ClNO3/c20-16-8-6-15(7-9-16)19-11-10-18(24-19)13-17(21(22)23)12-14-4-2-1-3-5-14/h1-11,13H,12H2. The molecule has 5 heteroatoms. The fraction of sp³-hybridized carbons (Fsp3) is 0.0526. The highest BCUT2D eigenvalue weighted by Crippen LogP contribution is 2.25. The summed E-state index contributed by atoms with van der Waals surface area (Å²) in [6.07, 6.45) is 1.71. The van der Waals surface area contributed by atoms with Crippen molar-refractivity contribution in [1.82, 2.24) is 0 Å². The van der Waals surface area contributed by atoms with E-state index in [2.05, 4.69) is 0 Å². The van der Waals surface area contributed by atoms with Crippen LogP contribution >= 0.6 is 11.6 Å². The predicted octanol–water partition coefficient (Wildman–Crippen LogP) is 5.46. The summed E-state index contributed by atoms with van der Waals surface area (Å²) in [5.41, 5.74) is 1.83. The van der Waals surface area contributed by atoms with Crippen LogP contribution < -0.4 is 0 Å². The molecule has 1 aromatic heterocycles. The van der Waals surface area contributed by atoms with Crippen molar-refractivity contribution in [3.05, 3.63) is 98.9 Å². The number of benzene rings is 2. The van der Waals surface area contributed by atoms with E-state index in [0.29, 0.717) is 16.5 Å².